The van der Waals surface area contributed by atoms with Crippen LogP contribution in [0.4, 0.5) is 0 Å². The van der Waals surface area contributed by atoms with Crippen LogP contribution < -0.4 is 4.74 Å². The van der Waals surface area contributed by atoms with Crippen molar-refractivity contribution in [2.24, 2.45) is 0 Å². The van der Waals surface area contributed by atoms with Crippen LogP contribution in [0.15, 0.2) is 48.5 Å². The zero-order valence-corrected chi connectivity index (χ0v) is 20.6. The van der Waals surface area contributed by atoms with Gasteiger partial charge in [0.1, 0.15) is 12.4 Å². The molecule has 176 valence electrons. The van der Waals surface area contributed by atoms with E-state index >= 15 is 0 Å². The van der Waals surface area contributed by atoms with Gasteiger partial charge in [0, 0.05) is 0 Å². The summed E-state index contributed by atoms with van der Waals surface area (Å²) >= 11 is 0. The van der Waals surface area contributed by atoms with Crippen LogP contribution >= 0.6 is 0 Å². The summed E-state index contributed by atoms with van der Waals surface area (Å²) in [6, 6.07) is 17.4. The van der Waals surface area contributed by atoms with Crippen molar-refractivity contribution >= 4 is 0 Å². The van der Waals surface area contributed by atoms with E-state index in [4.69, 9.17) is 4.74 Å². The Kier molecular flexibility index (Phi) is 9.66. The van der Waals surface area contributed by atoms with Gasteiger partial charge in [-0.1, -0.05) is 108 Å². The van der Waals surface area contributed by atoms with Gasteiger partial charge in [-0.05, 0) is 59.8 Å². The summed E-state index contributed by atoms with van der Waals surface area (Å²) in [5.41, 5.74) is 3.98. The molecule has 32 heavy (non-hydrogen) atoms. The van der Waals surface area contributed by atoms with Crippen LogP contribution in [0.2, 0.25) is 0 Å². The second-order valence-electron chi connectivity index (χ2n) is 10.4. The SMILES string of the molecule is CCCCCCC(C)(C)c1ccc([C@H]2CCCCC[C@H](O)C2)c(OCc2ccccc2)c1. The number of rotatable bonds is 10. The van der Waals surface area contributed by atoms with Crippen molar-refractivity contribution in [1.82, 2.24) is 0 Å². The summed E-state index contributed by atoms with van der Waals surface area (Å²) in [5, 5.41) is 10.5. The lowest BCUT2D eigenvalue weighted by Crippen LogP contribution is -2.19. The molecule has 3 rings (SSSR count). The normalized spacial score (nSPS) is 19.9. The zero-order chi connectivity index (χ0) is 22.8. The van der Waals surface area contributed by atoms with Crippen LogP contribution in [-0.4, -0.2) is 11.2 Å². The molecule has 2 aromatic carbocycles. The van der Waals surface area contributed by atoms with Crippen LogP contribution in [0.1, 0.15) is 114 Å². The molecule has 2 heteroatoms. The molecule has 0 amide bonds. The summed E-state index contributed by atoms with van der Waals surface area (Å²) < 4.78 is 6.48. The molecule has 0 saturated heterocycles. The first-order valence-corrected chi connectivity index (χ1v) is 13.0. The second kappa shape index (κ2) is 12.4. The molecule has 2 aromatic rings. The zero-order valence-electron chi connectivity index (χ0n) is 20.6. The van der Waals surface area contributed by atoms with Crippen molar-refractivity contribution in [1.29, 1.82) is 0 Å². The summed E-state index contributed by atoms with van der Waals surface area (Å²) in [7, 11) is 0. The molecule has 1 aliphatic carbocycles. The number of hydrogen-bond acceptors (Lipinski definition) is 2. The van der Waals surface area contributed by atoms with Crippen LogP contribution in [0.25, 0.3) is 0 Å². The van der Waals surface area contributed by atoms with Gasteiger partial charge in [0.05, 0.1) is 6.10 Å². The minimum absolute atomic E-state index is 0.136. The van der Waals surface area contributed by atoms with E-state index in [1.807, 2.05) is 6.07 Å². The molecule has 1 N–H and O–H groups in total. The van der Waals surface area contributed by atoms with E-state index in [1.54, 1.807) is 0 Å². The van der Waals surface area contributed by atoms with Crippen molar-refractivity contribution in [3.8, 4) is 5.75 Å². The molecule has 0 radical (unpaired) electrons. The molecule has 2 atom stereocenters. The predicted molar refractivity (Wildman–Crippen MR) is 135 cm³/mol. The van der Waals surface area contributed by atoms with E-state index < -0.39 is 0 Å². The molecule has 1 fully saturated rings. The highest BCUT2D eigenvalue weighted by Crippen LogP contribution is 2.40. The lowest BCUT2D eigenvalue weighted by atomic mass is 9.78. The number of ether oxygens (including phenoxy) is 1. The second-order valence-corrected chi connectivity index (χ2v) is 10.4. The highest BCUT2D eigenvalue weighted by atomic mass is 16.5. The molecule has 0 heterocycles. The van der Waals surface area contributed by atoms with Crippen molar-refractivity contribution in [2.45, 2.75) is 115 Å². The van der Waals surface area contributed by atoms with Crippen molar-refractivity contribution < 1.29 is 9.84 Å². The predicted octanol–water partition coefficient (Wildman–Crippen LogP) is 8.31. The van der Waals surface area contributed by atoms with Crippen molar-refractivity contribution in [3.05, 3.63) is 65.2 Å². The minimum atomic E-state index is -0.197. The average molecular weight is 437 g/mol. The Morgan fingerprint density at radius 3 is 2.50 bits per heavy atom. The number of unbranched alkanes of at least 4 members (excludes halogenated alkanes) is 3. The first-order valence-electron chi connectivity index (χ1n) is 13.0. The molecule has 0 aliphatic heterocycles. The van der Waals surface area contributed by atoms with Crippen LogP contribution in [0.3, 0.4) is 0 Å². The number of aliphatic hydroxyl groups excluding tert-OH is 1. The van der Waals surface area contributed by atoms with Crippen LogP contribution in [0, 0.1) is 0 Å². The summed E-state index contributed by atoms with van der Waals surface area (Å²) in [4.78, 5) is 0. The first-order chi connectivity index (χ1) is 15.5. The number of aliphatic hydroxyl groups is 1. The van der Waals surface area contributed by atoms with E-state index in [0.717, 1.165) is 31.4 Å². The Hall–Kier alpha value is -1.80. The fourth-order valence-electron chi connectivity index (χ4n) is 5.09. The van der Waals surface area contributed by atoms with E-state index in [9.17, 15) is 5.11 Å². The molecular formula is C30H44O2. The fourth-order valence-corrected chi connectivity index (χ4v) is 5.09. The maximum atomic E-state index is 10.5. The highest BCUT2D eigenvalue weighted by molar-refractivity contribution is 5.42. The fraction of sp³-hybridized carbons (Fsp3) is 0.600. The first kappa shape index (κ1) is 24.8. The lowest BCUT2D eigenvalue weighted by Gasteiger charge is -2.29. The van der Waals surface area contributed by atoms with E-state index in [0.29, 0.717) is 12.5 Å². The molecule has 0 unspecified atom stereocenters. The Balaban J connectivity index is 1.84. The number of benzene rings is 2. The van der Waals surface area contributed by atoms with Gasteiger partial charge < -0.3 is 9.84 Å². The van der Waals surface area contributed by atoms with E-state index in [-0.39, 0.29) is 11.5 Å². The Bertz CT molecular complexity index is 796. The van der Waals surface area contributed by atoms with E-state index in [2.05, 4.69) is 63.2 Å². The Labute approximate surface area is 196 Å². The lowest BCUT2D eigenvalue weighted by molar-refractivity contribution is 0.132. The molecule has 1 saturated carbocycles. The van der Waals surface area contributed by atoms with Gasteiger partial charge in [0.15, 0.2) is 0 Å². The molecule has 1 aliphatic rings. The highest BCUT2D eigenvalue weighted by Gasteiger charge is 2.25. The van der Waals surface area contributed by atoms with Crippen molar-refractivity contribution in [2.75, 3.05) is 0 Å². The third-order valence-electron chi connectivity index (χ3n) is 7.27. The maximum absolute atomic E-state index is 10.5. The van der Waals surface area contributed by atoms with Gasteiger partial charge in [-0.2, -0.15) is 0 Å². The van der Waals surface area contributed by atoms with Gasteiger partial charge >= 0.3 is 0 Å². The third kappa shape index (κ3) is 7.37. The van der Waals surface area contributed by atoms with Gasteiger partial charge in [-0.15, -0.1) is 0 Å². The maximum Gasteiger partial charge on any atom is 0.123 e. The quantitative estimate of drug-likeness (QED) is 0.379. The minimum Gasteiger partial charge on any atom is -0.489 e. The molecule has 2 nitrogen and oxygen atoms in total. The van der Waals surface area contributed by atoms with Crippen LogP contribution in [0.5, 0.6) is 5.75 Å². The summed E-state index contributed by atoms with van der Waals surface area (Å²) in [5.74, 6) is 1.39. The van der Waals surface area contributed by atoms with Crippen LogP contribution in [-0.2, 0) is 12.0 Å². The topological polar surface area (TPSA) is 29.5 Å². The van der Waals surface area contributed by atoms with Gasteiger partial charge in [0.25, 0.3) is 0 Å². The smallest absolute Gasteiger partial charge is 0.123 e. The largest absolute Gasteiger partial charge is 0.489 e. The Morgan fingerprint density at radius 2 is 1.72 bits per heavy atom. The van der Waals surface area contributed by atoms with Crippen molar-refractivity contribution in [3.63, 3.8) is 0 Å². The van der Waals surface area contributed by atoms with Gasteiger partial charge in [0.2, 0.25) is 0 Å². The van der Waals surface area contributed by atoms with Gasteiger partial charge in [-0.3, -0.25) is 0 Å². The average Bonchev–Trinajstić information content (AvgIpc) is 2.78. The number of hydrogen-bond donors (Lipinski definition) is 1. The Morgan fingerprint density at radius 1 is 0.938 bits per heavy atom. The van der Waals surface area contributed by atoms with E-state index in [1.165, 1.54) is 61.6 Å². The molecule has 0 spiro atoms. The third-order valence-corrected chi connectivity index (χ3v) is 7.27. The standard InChI is InChI=1S/C30H44O2/c1-4-5-6-13-20-30(2,3)26-18-19-28(25-16-11-8-12-17-27(31)21-25)29(22-26)32-23-24-14-9-7-10-15-24/h7,9-10,14-15,18-19,22,25,27,31H,4-6,8,11-13,16-17,20-21,23H2,1-3H3/t25-,27-/m0/s1. The molecule has 0 bridgehead atoms. The molecule has 0 aromatic heterocycles. The van der Waals surface area contributed by atoms with Gasteiger partial charge in [-0.25, -0.2) is 0 Å². The monoisotopic (exact) mass is 436 g/mol. The molecular weight excluding hydrogens is 392 g/mol. The summed E-state index contributed by atoms with van der Waals surface area (Å²) in [6.45, 7) is 7.60. The summed E-state index contributed by atoms with van der Waals surface area (Å²) in [6.07, 6.45) is 12.7.